The predicted molar refractivity (Wildman–Crippen MR) is 59.5 cm³/mol. The van der Waals surface area contributed by atoms with E-state index in [2.05, 4.69) is 11.9 Å². The van der Waals surface area contributed by atoms with Crippen molar-refractivity contribution < 1.29 is 4.74 Å². The third-order valence-corrected chi connectivity index (χ3v) is 3.05. The largest absolute Gasteiger partial charge is 0.376 e. The third kappa shape index (κ3) is 2.36. The van der Waals surface area contributed by atoms with Crippen LogP contribution < -0.4 is 5.73 Å². The molecule has 3 heteroatoms. The van der Waals surface area contributed by atoms with E-state index in [1.165, 1.54) is 12.0 Å². The Hall–Kier alpha value is -0.930. The summed E-state index contributed by atoms with van der Waals surface area (Å²) in [5, 5.41) is 0. The second-order valence-electron chi connectivity index (χ2n) is 4.16. The first kappa shape index (κ1) is 10.6. The topological polar surface area (TPSA) is 48.1 Å². The summed E-state index contributed by atoms with van der Waals surface area (Å²) >= 11 is 0. The minimum atomic E-state index is -0.0287. The van der Waals surface area contributed by atoms with E-state index in [0.717, 1.165) is 25.0 Å². The van der Waals surface area contributed by atoms with Crippen molar-refractivity contribution in [2.24, 2.45) is 5.73 Å². The molecule has 0 saturated carbocycles. The van der Waals surface area contributed by atoms with Crippen molar-refractivity contribution in [3.8, 4) is 0 Å². The van der Waals surface area contributed by atoms with Crippen molar-refractivity contribution in [2.45, 2.75) is 38.3 Å². The minimum Gasteiger partial charge on any atom is -0.376 e. The highest BCUT2D eigenvalue weighted by atomic mass is 16.5. The Morgan fingerprint density at radius 1 is 1.53 bits per heavy atom. The highest BCUT2D eigenvalue weighted by Gasteiger charge is 2.23. The van der Waals surface area contributed by atoms with Crippen LogP contribution in [0.3, 0.4) is 0 Å². The first-order valence-electron chi connectivity index (χ1n) is 5.57. The van der Waals surface area contributed by atoms with Crippen LogP contribution in [-0.4, -0.2) is 17.7 Å². The number of nitrogens with zero attached hydrogens (tertiary/aromatic N) is 1. The molecule has 1 aliphatic rings. The maximum Gasteiger partial charge on any atom is 0.0768 e. The molecule has 1 saturated heterocycles. The van der Waals surface area contributed by atoms with Gasteiger partial charge in [-0.25, -0.2) is 0 Å². The van der Waals surface area contributed by atoms with Gasteiger partial charge in [-0.05, 0) is 43.4 Å². The summed E-state index contributed by atoms with van der Waals surface area (Å²) in [5.41, 5.74) is 8.52. The summed E-state index contributed by atoms with van der Waals surface area (Å²) in [5.74, 6) is 0. The van der Waals surface area contributed by atoms with Crippen molar-refractivity contribution in [3.63, 3.8) is 0 Å². The van der Waals surface area contributed by atoms with Crippen molar-refractivity contribution in [1.82, 2.24) is 4.98 Å². The number of ether oxygens (including phenoxy) is 1. The molecule has 2 heterocycles. The van der Waals surface area contributed by atoms with E-state index < -0.39 is 0 Å². The van der Waals surface area contributed by atoms with Gasteiger partial charge in [0, 0.05) is 19.0 Å². The number of hydrogen-bond donors (Lipinski definition) is 1. The Bertz CT molecular complexity index is 321. The van der Waals surface area contributed by atoms with Crippen molar-refractivity contribution in [2.75, 3.05) is 6.61 Å². The van der Waals surface area contributed by atoms with Crippen molar-refractivity contribution in [3.05, 3.63) is 29.6 Å². The van der Waals surface area contributed by atoms with Gasteiger partial charge in [-0.2, -0.15) is 0 Å². The lowest BCUT2D eigenvalue weighted by molar-refractivity contribution is -0.000162. The quantitative estimate of drug-likeness (QED) is 0.804. The summed E-state index contributed by atoms with van der Waals surface area (Å²) < 4.78 is 5.70. The Balaban J connectivity index is 2.12. The van der Waals surface area contributed by atoms with Gasteiger partial charge in [-0.1, -0.05) is 0 Å². The van der Waals surface area contributed by atoms with E-state index in [0.29, 0.717) is 0 Å². The van der Waals surface area contributed by atoms with Crippen LogP contribution >= 0.6 is 0 Å². The lowest BCUT2D eigenvalue weighted by Crippen LogP contribution is -2.32. The van der Waals surface area contributed by atoms with E-state index in [4.69, 9.17) is 10.5 Å². The zero-order chi connectivity index (χ0) is 10.7. The second-order valence-corrected chi connectivity index (χ2v) is 4.16. The van der Waals surface area contributed by atoms with Crippen LogP contribution in [0.15, 0.2) is 18.5 Å². The van der Waals surface area contributed by atoms with Crippen molar-refractivity contribution >= 4 is 0 Å². The smallest absolute Gasteiger partial charge is 0.0768 e. The summed E-state index contributed by atoms with van der Waals surface area (Å²) in [6.07, 6.45) is 7.27. The van der Waals surface area contributed by atoms with Gasteiger partial charge in [0.05, 0.1) is 12.1 Å². The van der Waals surface area contributed by atoms with E-state index in [1.807, 2.05) is 12.3 Å². The zero-order valence-electron chi connectivity index (χ0n) is 9.15. The number of aromatic nitrogens is 1. The molecule has 1 fully saturated rings. The molecule has 1 aliphatic heterocycles. The molecule has 1 aromatic rings. The Morgan fingerprint density at radius 3 is 3.07 bits per heavy atom. The summed E-state index contributed by atoms with van der Waals surface area (Å²) in [7, 11) is 0. The first-order chi connectivity index (χ1) is 7.29. The number of nitrogens with two attached hydrogens (primary N) is 1. The van der Waals surface area contributed by atoms with Crippen LogP contribution in [0.2, 0.25) is 0 Å². The minimum absolute atomic E-state index is 0.0287. The lowest BCUT2D eigenvalue weighted by atomic mass is 9.95. The number of pyridine rings is 1. The molecular formula is C12H18N2O. The van der Waals surface area contributed by atoms with E-state index in [9.17, 15) is 0 Å². The SMILES string of the molecule is Cc1ccncc1C(N)C1CCCCO1. The normalized spacial score (nSPS) is 23.7. The number of hydrogen-bond acceptors (Lipinski definition) is 3. The van der Waals surface area contributed by atoms with Gasteiger partial charge in [0.25, 0.3) is 0 Å². The van der Waals surface area contributed by atoms with Gasteiger partial charge >= 0.3 is 0 Å². The van der Waals surface area contributed by atoms with Gasteiger partial charge in [0.15, 0.2) is 0 Å². The third-order valence-electron chi connectivity index (χ3n) is 3.05. The molecule has 0 amide bonds. The monoisotopic (exact) mass is 206 g/mol. The van der Waals surface area contributed by atoms with Crippen LogP contribution in [0, 0.1) is 6.92 Å². The first-order valence-corrected chi connectivity index (χ1v) is 5.57. The Morgan fingerprint density at radius 2 is 2.40 bits per heavy atom. The molecule has 2 unspecified atom stereocenters. The van der Waals surface area contributed by atoms with Gasteiger partial charge < -0.3 is 10.5 Å². The standard InChI is InChI=1S/C12H18N2O/c1-9-5-6-14-8-10(9)12(13)11-4-2-3-7-15-11/h5-6,8,11-12H,2-4,7,13H2,1H3. The molecule has 0 spiro atoms. The van der Waals surface area contributed by atoms with Crippen molar-refractivity contribution in [1.29, 1.82) is 0 Å². The van der Waals surface area contributed by atoms with Gasteiger partial charge in [-0.3, -0.25) is 4.98 Å². The summed E-state index contributed by atoms with van der Waals surface area (Å²) in [6, 6.07) is 1.97. The molecule has 0 radical (unpaired) electrons. The van der Waals surface area contributed by atoms with Crippen LogP contribution in [0.25, 0.3) is 0 Å². The summed E-state index contributed by atoms with van der Waals surface area (Å²) in [6.45, 7) is 2.91. The molecule has 0 aromatic carbocycles. The van der Waals surface area contributed by atoms with Crippen LogP contribution in [0.5, 0.6) is 0 Å². The molecule has 1 aromatic heterocycles. The average molecular weight is 206 g/mol. The van der Waals surface area contributed by atoms with Crippen LogP contribution in [0.1, 0.15) is 36.4 Å². The van der Waals surface area contributed by atoms with E-state index in [1.54, 1.807) is 6.20 Å². The number of aryl methyl sites for hydroxylation is 1. The molecule has 0 bridgehead atoms. The van der Waals surface area contributed by atoms with Gasteiger partial charge in [0.1, 0.15) is 0 Å². The fourth-order valence-electron chi connectivity index (χ4n) is 2.07. The number of rotatable bonds is 2. The average Bonchev–Trinajstić information content (AvgIpc) is 2.30. The Labute approximate surface area is 90.7 Å². The molecule has 3 nitrogen and oxygen atoms in total. The Kier molecular flexibility index (Phi) is 3.34. The molecule has 2 atom stereocenters. The molecule has 15 heavy (non-hydrogen) atoms. The zero-order valence-corrected chi connectivity index (χ0v) is 9.15. The maximum atomic E-state index is 6.21. The fourth-order valence-corrected chi connectivity index (χ4v) is 2.07. The fraction of sp³-hybridized carbons (Fsp3) is 0.583. The van der Waals surface area contributed by atoms with Gasteiger partial charge in [-0.15, -0.1) is 0 Å². The van der Waals surface area contributed by atoms with Crippen LogP contribution in [-0.2, 0) is 4.74 Å². The molecule has 2 N–H and O–H groups in total. The highest BCUT2D eigenvalue weighted by molar-refractivity contribution is 5.25. The molecule has 0 aliphatic carbocycles. The summed E-state index contributed by atoms with van der Waals surface area (Å²) in [4.78, 5) is 4.13. The van der Waals surface area contributed by atoms with Crippen LogP contribution in [0.4, 0.5) is 0 Å². The maximum absolute atomic E-state index is 6.21. The van der Waals surface area contributed by atoms with E-state index >= 15 is 0 Å². The molecular weight excluding hydrogens is 188 g/mol. The predicted octanol–water partition coefficient (Wildman–Crippen LogP) is 1.96. The molecule has 82 valence electrons. The lowest BCUT2D eigenvalue weighted by Gasteiger charge is -2.28. The second kappa shape index (κ2) is 4.73. The highest BCUT2D eigenvalue weighted by Crippen LogP contribution is 2.25. The molecule has 2 rings (SSSR count). The van der Waals surface area contributed by atoms with E-state index in [-0.39, 0.29) is 12.1 Å². The van der Waals surface area contributed by atoms with Gasteiger partial charge in [0.2, 0.25) is 0 Å².